The Balaban J connectivity index is 1.99. The average molecular weight is 300 g/mol. The summed E-state index contributed by atoms with van der Waals surface area (Å²) < 4.78 is 0. The van der Waals surface area contributed by atoms with Crippen LogP contribution < -0.4 is 5.32 Å². The highest BCUT2D eigenvalue weighted by molar-refractivity contribution is 6.31. The van der Waals surface area contributed by atoms with E-state index in [0.29, 0.717) is 12.0 Å². The number of aryl methyl sites for hydroxylation is 2. The number of nitrogens with one attached hydrogen (secondary N) is 1. The van der Waals surface area contributed by atoms with Gasteiger partial charge in [0.1, 0.15) is 0 Å². The standard InChI is InChI=1S/C19H22ClN/c1-13-10-11-15(12-18(13)20)19(21-2)17-9-5-7-14-6-3-4-8-16(14)17/h3-4,6,8,10-12,17,19,21H,5,7,9H2,1-2H3. The molecule has 0 saturated carbocycles. The fourth-order valence-electron chi connectivity index (χ4n) is 3.54. The van der Waals surface area contributed by atoms with Crippen molar-refractivity contribution in [3.05, 3.63) is 69.7 Å². The molecule has 21 heavy (non-hydrogen) atoms. The van der Waals surface area contributed by atoms with Crippen LogP contribution in [0.15, 0.2) is 42.5 Å². The van der Waals surface area contributed by atoms with Gasteiger partial charge in [0.25, 0.3) is 0 Å². The van der Waals surface area contributed by atoms with Crippen molar-refractivity contribution in [3.8, 4) is 0 Å². The van der Waals surface area contributed by atoms with Gasteiger partial charge in [-0.05, 0) is 61.6 Å². The molecule has 1 N–H and O–H groups in total. The van der Waals surface area contributed by atoms with Crippen molar-refractivity contribution in [2.75, 3.05) is 7.05 Å². The van der Waals surface area contributed by atoms with E-state index in [2.05, 4.69) is 61.8 Å². The normalized spacial score (nSPS) is 19.1. The van der Waals surface area contributed by atoms with Crippen LogP contribution in [0.5, 0.6) is 0 Å². The zero-order valence-corrected chi connectivity index (χ0v) is 13.5. The minimum atomic E-state index is 0.324. The lowest BCUT2D eigenvalue weighted by Crippen LogP contribution is -2.26. The summed E-state index contributed by atoms with van der Waals surface area (Å²) in [5, 5.41) is 4.38. The number of likely N-dealkylation sites (N-methyl/N-ethyl adjacent to an activating group) is 1. The Morgan fingerprint density at radius 2 is 2.00 bits per heavy atom. The van der Waals surface area contributed by atoms with Crippen molar-refractivity contribution >= 4 is 11.6 Å². The highest BCUT2D eigenvalue weighted by atomic mass is 35.5. The van der Waals surface area contributed by atoms with Crippen LogP contribution >= 0.6 is 11.6 Å². The molecule has 0 heterocycles. The van der Waals surface area contributed by atoms with E-state index >= 15 is 0 Å². The van der Waals surface area contributed by atoms with Gasteiger partial charge in [-0.2, -0.15) is 0 Å². The van der Waals surface area contributed by atoms with E-state index in [1.165, 1.54) is 36.0 Å². The number of benzene rings is 2. The molecule has 0 bridgehead atoms. The van der Waals surface area contributed by atoms with Gasteiger partial charge < -0.3 is 5.32 Å². The maximum absolute atomic E-state index is 6.33. The molecule has 0 radical (unpaired) electrons. The first-order valence-corrected chi connectivity index (χ1v) is 8.09. The molecule has 1 aliphatic carbocycles. The molecule has 0 saturated heterocycles. The molecule has 2 heteroatoms. The van der Waals surface area contributed by atoms with E-state index in [0.717, 1.165) is 10.6 Å². The molecule has 2 atom stereocenters. The quantitative estimate of drug-likeness (QED) is 0.838. The maximum atomic E-state index is 6.33. The van der Waals surface area contributed by atoms with E-state index in [1.807, 2.05) is 0 Å². The summed E-state index contributed by atoms with van der Waals surface area (Å²) in [5.41, 5.74) is 5.43. The second-order valence-electron chi connectivity index (χ2n) is 5.97. The molecule has 1 aliphatic rings. The van der Waals surface area contributed by atoms with Gasteiger partial charge >= 0.3 is 0 Å². The van der Waals surface area contributed by atoms with Crippen LogP contribution in [0.1, 0.15) is 47.1 Å². The van der Waals surface area contributed by atoms with E-state index in [9.17, 15) is 0 Å². The van der Waals surface area contributed by atoms with Crippen LogP contribution in [-0.2, 0) is 6.42 Å². The van der Waals surface area contributed by atoms with Gasteiger partial charge in [0.15, 0.2) is 0 Å². The molecule has 2 aromatic rings. The molecule has 110 valence electrons. The smallest absolute Gasteiger partial charge is 0.0438 e. The topological polar surface area (TPSA) is 12.0 Å². The molecule has 2 unspecified atom stereocenters. The van der Waals surface area contributed by atoms with E-state index in [-0.39, 0.29) is 0 Å². The molecular weight excluding hydrogens is 278 g/mol. The zero-order chi connectivity index (χ0) is 14.8. The van der Waals surface area contributed by atoms with Crippen LogP contribution in [-0.4, -0.2) is 7.05 Å². The van der Waals surface area contributed by atoms with Crippen molar-refractivity contribution in [3.63, 3.8) is 0 Å². The summed E-state index contributed by atoms with van der Waals surface area (Å²) in [4.78, 5) is 0. The Hall–Kier alpha value is -1.31. The maximum Gasteiger partial charge on any atom is 0.0438 e. The number of fused-ring (bicyclic) bond motifs is 1. The SMILES string of the molecule is CNC(c1ccc(C)c(Cl)c1)C1CCCc2ccccc21. The molecule has 0 aromatic heterocycles. The average Bonchev–Trinajstić information content (AvgIpc) is 2.52. The molecule has 2 aromatic carbocycles. The van der Waals surface area contributed by atoms with Gasteiger partial charge in [-0.15, -0.1) is 0 Å². The third kappa shape index (κ3) is 2.86. The van der Waals surface area contributed by atoms with Gasteiger partial charge in [0.2, 0.25) is 0 Å². The predicted molar refractivity (Wildman–Crippen MR) is 90.1 cm³/mol. The largest absolute Gasteiger partial charge is 0.312 e. The van der Waals surface area contributed by atoms with Crippen molar-refractivity contribution in [2.45, 2.75) is 38.1 Å². The lowest BCUT2D eigenvalue weighted by atomic mass is 9.77. The van der Waals surface area contributed by atoms with Gasteiger partial charge in [-0.25, -0.2) is 0 Å². The van der Waals surface area contributed by atoms with E-state index in [4.69, 9.17) is 11.6 Å². The second kappa shape index (κ2) is 6.21. The number of halogens is 1. The van der Waals surface area contributed by atoms with Crippen LogP contribution in [0.2, 0.25) is 5.02 Å². The van der Waals surface area contributed by atoms with Gasteiger partial charge in [0.05, 0.1) is 0 Å². The summed E-state index contributed by atoms with van der Waals surface area (Å²) in [5.74, 6) is 0.527. The van der Waals surface area contributed by atoms with Crippen molar-refractivity contribution in [2.24, 2.45) is 0 Å². The van der Waals surface area contributed by atoms with Crippen LogP contribution in [0.4, 0.5) is 0 Å². The third-order valence-corrected chi connectivity index (χ3v) is 5.09. The Bertz CT molecular complexity index is 635. The summed E-state index contributed by atoms with van der Waals surface area (Å²) in [6.45, 7) is 2.05. The highest BCUT2D eigenvalue weighted by Crippen LogP contribution is 2.40. The number of hydrogen-bond donors (Lipinski definition) is 1. The van der Waals surface area contributed by atoms with Gasteiger partial charge in [-0.3, -0.25) is 0 Å². The molecule has 0 fully saturated rings. The van der Waals surface area contributed by atoms with Crippen LogP contribution in [0.3, 0.4) is 0 Å². The lowest BCUT2D eigenvalue weighted by Gasteiger charge is -2.33. The highest BCUT2D eigenvalue weighted by Gasteiger charge is 2.28. The first-order chi connectivity index (χ1) is 10.2. The third-order valence-electron chi connectivity index (χ3n) is 4.68. The lowest BCUT2D eigenvalue weighted by molar-refractivity contribution is 0.425. The summed E-state index contributed by atoms with van der Waals surface area (Å²) in [6.07, 6.45) is 3.70. The molecule has 0 amide bonds. The predicted octanol–water partition coefficient (Wildman–Crippen LogP) is 5.03. The van der Waals surface area contributed by atoms with Crippen molar-refractivity contribution < 1.29 is 0 Å². The van der Waals surface area contributed by atoms with E-state index < -0.39 is 0 Å². The molecule has 1 nitrogen and oxygen atoms in total. The molecular formula is C19H22ClN. The monoisotopic (exact) mass is 299 g/mol. The molecule has 0 aliphatic heterocycles. The fourth-order valence-corrected chi connectivity index (χ4v) is 3.73. The summed E-state index contributed by atoms with van der Waals surface area (Å²) >= 11 is 6.33. The van der Waals surface area contributed by atoms with Gasteiger partial charge in [0, 0.05) is 17.0 Å². The van der Waals surface area contributed by atoms with Crippen LogP contribution in [0.25, 0.3) is 0 Å². The van der Waals surface area contributed by atoms with Gasteiger partial charge in [-0.1, -0.05) is 48.0 Å². The second-order valence-corrected chi connectivity index (χ2v) is 6.38. The minimum absolute atomic E-state index is 0.324. The fraction of sp³-hybridized carbons (Fsp3) is 0.368. The molecule has 3 rings (SSSR count). The zero-order valence-electron chi connectivity index (χ0n) is 12.7. The van der Waals surface area contributed by atoms with Crippen molar-refractivity contribution in [1.29, 1.82) is 0 Å². The summed E-state index contributed by atoms with van der Waals surface area (Å²) in [7, 11) is 2.05. The Morgan fingerprint density at radius 3 is 2.76 bits per heavy atom. The Morgan fingerprint density at radius 1 is 1.19 bits per heavy atom. The summed E-state index contributed by atoms with van der Waals surface area (Å²) in [6, 6.07) is 15.6. The van der Waals surface area contributed by atoms with Crippen molar-refractivity contribution in [1.82, 2.24) is 5.32 Å². The Labute approximate surface area is 132 Å². The van der Waals surface area contributed by atoms with Crippen LogP contribution in [0, 0.1) is 6.92 Å². The van der Waals surface area contributed by atoms with E-state index in [1.54, 1.807) is 0 Å². The molecule has 0 spiro atoms. The Kier molecular flexibility index (Phi) is 4.32. The first kappa shape index (κ1) is 14.6. The first-order valence-electron chi connectivity index (χ1n) is 7.72. The minimum Gasteiger partial charge on any atom is -0.312 e. The number of hydrogen-bond acceptors (Lipinski definition) is 1. The number of rotatable bonds is 3.